The van der Waals surface area contributed by atoms with Crippen molar-refractivity contribution in [2.75, 3.05) is 44.8 Å². The van der Waals surface area contributed by atoms with E-state index in [9.17, 15) is 4.79 Å². The molecule has 3 rings (SSSR count). The average Bonchev–Trinajstić information content (AvgIpc) is 2.72. The maximum atomic E-state index is 10.9. The number of carbonyl (C=O) groups is 1. The van der Waals surface area contributed by atoms with Crippen LogP contribution in [-0.2, 0) is 4.79 Å². The van der Waals surface area contributed by atoms with Gasteiger partial charge in [-0.25, -0.2) is 0 Å². The number of hydrogen-bond acceptors (Lipinski definition) is 5. The zero-order chi connectivity index (χ0) is 19.2. The molecule has 0 unspecified atom stereocenters. The Morgan fingerprint density at radius 3 is 2.41 bits per heavy atom. The van der Waals surface area contributed by atoms with Crippen LogP contribution in [0, 0.1) is 0 Å². The van der Waals surface area contributed by atoms with Crippen LogP contribution >= 0.6 is 12.2 Å². The lowest BCUT2D eigenvalue weighted by Crippen LogP contribution is -2.48. The quantitative estimate of drug-likeness (QED) is 0.768. The molecule has 27 heavy (non-hydrogen) atoms. The van der Waals surface area contributed by atoms with Crippen LogP contribution in [-0.4, -0.2) is 55.7 Å². The predicted molar refractivity (Wildman–Crippen MR) is 110 cm³/mol. The summed E-state index contributed by atoms with van der Waals surface area (Å²) >= 11 is 5.69. The first-order valence-electron chi connectivity index (χ1n) is 8.77. The lowest BCUT2D eigenvalue weighted by Gasteiger charge is -2.37. The topological polar surface area (TPSA) is 68.0 Å². The summed E-state index contributed by atoms with van der Waals surface area (Å²) in [5, 5.41) is 0. The van der Waals surface area contributed by atoms with Gasteiger partial charge in [0.2, 0.25) is 0 Å². The van der Waals surface area contributed by atoms with Gasteiger partial charge in [0, 0.05) is 37.4 Å². The summed E-state index contributed by atoms with van der Waals surface area (Å²) < 4.78 is 10.7. The summed E-state index contributed by atoms with van der Waals surface area (Å²) in [4.78, 5) is 16.3. The van der Waals surface area contributed by atoms with Gasteiger partial charge in [-0.3, -0.25) is 4.79 Å². The third-order valence-corrected chi connectivity index (χ3v) is 4.96. The van der Waals surface area contributed by atoms with Crippen molar-refractivity contribution in [1.82, 2.24) is 4.90 Å². The normalized spacial score (nSPS) is 14.0. The molecule has 0 aliphatic carbocycles. The van der Waals surface area contributed by atoms with Crippen LogP contribution in [0.15, 0.2) is 48.5 Å². The minimum atomic E-state index is -0.534. The highest BCUT2D eigenvalue weighted by Gasteiger charge is 2.21. The highest BCUT2D eigenvalue weighted by Crippen LogP contribution is 2.29. The molecule has 2 aromatic rings. The van der Waals surface area contributed by atoms with Crippen LogP contribution in [0.4, 0.5) is 5.69 Å². The van der Waals surface area contributed by atoms with Crippen LogP contribution in [0.2, 0.25) is 0 Å². The summed E-state index contributed by atoms with van der Waals surface area (Å²) in [5.41, 5.74) is 7.25. The van der Waals surface area contributed by atoms with Gasteiger partial charge in [-0.15, -0.1) is 0 Å². The molecule has 1 aliphatic heterocycles. The van der Waals surface area contributed by atoms with E-state index in [-0.39, 0.29) is 6.61 Å². The SMILES string of the molecule is COc1cc(C(=S)N2CCN(c3ccccc3)CC2)ccc1OCC(N)=O. The predicted octanol–water partition coefficient (Wildman–Crippen LogP) is 2.06. The second-order valence-corrected chi connectivity index (χ2v) is 6.62. The number of thiocarbonyl (C=S) groups is 1. The number of amides is 1. The Kier molecular flexibility index (Phi) is 6.13. The molecule has 1 amide bonds. The van der Waals surface area contributed by atoms with Crippen molar-refractivity contribution in [3.05, 3.63) is 54.1 Å². The molecule has 0 radical (unpaired) electrons. The number of hydrogen-bond donors (Lipinski definition) is 1. The van der Waals surface area contributed by atoms with Gasteiger partial charge in [0.05, 0.1) is 7.11 Å². The van der Waals surface area contributed by atoms with Gasteiger partial charge < -0.3 is 25.0 Å². The molecule has 2 N–H and O–H groups in total. The standard InChI is InChI=1S/C20H23N3O3S/c1-25-18-13-15(7-8-17(18)26-14-19(21)24)20(27)23-11-9-22(10-12-23)16-5-3-2-4-6-16/h2-8,13H,9-12,14H2,1H3,(H2,21,24). The highest BCUT2D eigenvalue weighted by molar-refractivity contribution is 7.80. The Labute approximate surface area is 164 Å². The molecule has 0 atom stereocenters. The maximum absolute atomic E-state index is 10.9. The Hall–Kier alpha value is -2.80. The van der Waals surface area contributed by atoms with E-state index in [0.29, 0.717) is 11.5 Å². The summed E-state index contributed by atoms with van der Waals surface area (Å²) in [7, 11) is 1.55. The molecule has 7 heteroatoms. The molecule has 0 bridgehead atoms. The van der Waals surface area contributed by atoms with Gasteiger partial charge in [0.15, 0.2) is 18.1 Å². The van der Waals surface area contributed by atoms with E-state index in [1.165, 1.54) is 5.69 Å². The number of anilines is 1. The molecule has 1 saturated heterocycles. The minimum absolute atomic E-state index is 0.193. The Morgan fingerprint density at radius 2 is 1.78 bits per heavy atom. The zero-order valence-electron chi connectivity index (χ0n) is 15.3. The monoisotopic (exact) mass is 385 g/mol. The third kappa shape index (κ3) is 4.68. The first-order valence-corrected chi connectivity index (χ1v) is 9.17. The van der Waals surface area contributed by atoms with E-state index in [1.807, 2.05) is 18.2 Å². The van der Waals surface area contributed by atoms with Gasteiger partial charge in [0.25, 0.3) is 5.91 Å². The molecule has 2 aromatic carbocycles. The average molecular weight is 385 g/mol. The van der Waals surface area contributed by atoms with E-state index >= 15 is 0 Å². The van der Waals surface area contributed by atoms with E-state index in [2.05, 4.69) is 34.1 Å². The van der Waals surface area contributed by atoms with Crippen molar-refractivity contribution in [2.45, 2.75) is 0 Å². The molecule has 1 fully saturated rings. The van der Waals surface area contributed by atoms with E-state index < -0.39 is 5.91 Å². The molecular formula is C20H23N3O3S. The van der Waals surface area contributed by atoms with E-state index in [1.54, 1.807) is 13.2 Å². The fourth-order valence-corrected chi connectivity index (χ4v) is 3.37. The zero-order valence-corrected chi connectivity index (χ0v) is 16.1. The fraction of sp³-hybridized carbons (Fsp3) is 0.300. The Morgan fingerprint density at radius 1 is 1.07 bits per heavy atom. The number of rotatable bonds is 6. The van der Waals surface area contributed by atoms with Gasteiger partial charge in [-0.1, -0.05) is 30.4 Å². The van der Waals surface area contributed by atoms with Gasteiger partial charge in [0.1, 0.15) is 4.99 Å². The smallest absolute Gasteiger partial charge is 0.255 e. The van der Waals surface area contributed by atoms with Crippen molar-refractivity contribution in [1.29, 1.82) is 0 Å². The van der Waals surface area contributed by atoms with Crippen molar-refractivity contribution >= 4 is 28.8 Å². The van der Waals surface area contributed by atoms with Crippen LogP contribution in [0.3, 0.4) is 0 Å². The molecule has 6 nitrogen and oxygen atoms in total. The first-order chi connectivity index (χ1) is 13.1. The number of piperazine rings is 1. The number of nitrogens with two attached hydrogens (primary N) is 1. The minimum Gasteiger partial charge on any atom is -0.493 e. The first kappa shape index (κ1) is 19.0. The largest absolute Gasteiger partial charge is 0.493 e. The van der Waals surface area contributed by atoms with Crippen molar-refractivity contribution in [3.63, 3.8) is 0 Å². The molecule has 0 spiro atoms. The maximum Gasteiger partial charge on any atom is 0.255 e. The molecule has 142 valence electrons. The number of benzene rings is 2. The molecule has 1 aliphatic rings. The summed E-state index contributed by atoms with van der Waals surface area (Å²) in [6.07, 6.45) is 0. The number of carbonyl (C=O) groups excluding carboxylic acids is 1. The molecule has 0 saturated carbocycles. The second kappa shape index (κ2) is 8.73. The number of methoxy groups -OCH3 is 1. The highest BCUT2D eigenvalue weighted by atomic mass is 32.1. The van der Waals surface area contributed by atoms with Crippen LogP contribution < -0.4 is 20.1 Å². The molecule has 1 heterocycles. The molecular weight excluding hydrogens is 362 g/mol. The van der Waals surface area contributed by atoms with Crippen LogP contribution in [0.25, 0.3) is 0 Å². The summed E-state index contributed by atoms with van der Waals surface area (Å²) in [6.45, 7) is 3.36. The second-order valence-electron chi connectivity index (χ2n) is 6.24. The van der Waals surface area contributed by atoms with Crippen LogP contribution in [0.5, 0.6) is 11.5 Å². The number of primary amides is 1. The number of ether oxygens (including phenoxy) is 2. The van der Waals surface area contributed by atoms with Crippen molar-refractivity contribution in [2.24, 2.45) is 5.73 Å². The number of nitrogens with zero attached hydrogens (tertiary/aromatic N) is 2. The van der Waals surface area contributed by atoms with Crippen LogP contribution in [0.1, 0.15) is 5.56 Å². The Bertz CT molecular complexity index is 805. The Balaban J connectivity index is 1.65. The molecule has 0 aromatic heterocycles. The lowest BCUT2D eigenvalue weighted by molar-refractivity contribution is -0.119. The van der Waals surface area contributed by atoms with Gasteiger partial charge in [-0.2, -0.15) is 0 Å². The summed E-state index contributed by atoms with van der Waals surface area (Å²) in [6, 6.07) is 15.9. The van der Waals surface area contributed by atoms with E-state index in [4.69, 9.17) is 27.4 Å². The number of para-hydroxylation sites is 1. The fourth-order valence-electron chi connectivity index (χ4n) is 3.06. The van der Waals surface area contributed by atoms with Gasteiger partial charge in [-0.05, 0) is 30.3 Å². The van der Waals surface area contributed by atoms with Crippen molar-refractivity contribution < 1.29 is 14.3 Å². The van der Waals surface area contributed by atoms with Crippen molar-refractivity contribution in [3.8, 4) is 11.5 Å². The van der Waals surface area contributed by atoms with Gasteiger partial charge >= 0.3 is 0 Å². The summed E-state index contributed by atoms with van der Waals surface area (Å²) in [5.74, 6) is 0.462. The lowest BCUT2D eigenvalue weighted by atomic mass is 10.1. The third-order valence-electron chi connectivity index (χ3n) is 4.47. The van der Waals surface area contributed by atoms with E-state index in [0.717, 1.165) is 36.7 Å².